The zero-order valence-corrected chi connectivity index (χ0v) is 16.6. The van der Waals surface area contributed by atoms with Crippen LogP contribution in [0.25, 0.3) is 10.9 Å². The van der Waals surface area contributed by atoms with Crippen LogP contribution in [0.2, 0.25) is 5.02 Å². The van der Waals surface area contributed by atoms with E-state index in [9.17, 15) is 18.0 Å². The molecule has 0 amide bonds. The largest absolute Gasteiger partial charge is 0.461 e. The minimum atomic E-state index is -4.37. The average molecular weight is 403 g/mol. The van der Waals surface area contributed by atoms with Crippen LogP contribution in [0.3, 0.4) is 0 Å². The number of benzene rings is 1. The summed E-state index contributed by atoms with van der Waals surface area (Å²) in [5.41, 5.74) is 1.67. The Morgan fingerprint density at radius 3 is 2.41 bits per heavy atom. The second-order valence-electron chi connectivity index (χ2n) is 7.27. The lowest BCUT2D eigenvalue weighted by atomic mass is 9.84. The fourth-order valence-electron chi connectivity index (χ4n) is 2.76. The van der Waals surface area contributed by atoms with Gasteiger partial charge in [-0.2, -0.15) is 13.2 Å². The molecule has 0 saturated heterocycles. The molecule has 0 spiro atoms. The molecular weight excluding hydrogens is 381 g/mol. The fraction of sp³-hybridized carbons (Fsp3) is 0.474. The first-order chi connectivity index (χ1) is 12.3. The van der Waals surface area contributed by atoms with Gasteiger partial charge in [0.05, 0.1) is 22.8 Å². The summed E-state index contributed by atoms with van der Waals surface area (Å²) in [6.07, 6.45) is -4.37. The first-order valence-corrected chi connectivity index (χ1v) is 8.85. The Kier molecular flexibility index (Phi) is 5.94. The lowest BCUT2D eigenvalue weighted by molar-refractivity contribution is -0.115. The monoisotopic (exact) mass is 402 g/mol. The van der Waals surface area contributed by atoms with E-state index in [0.29, 0.717) is 22.0 Å². The van der Waals surface area contributed by atoms with Crippen molar-refractivity contribution in [1.82, 2.24) is 4.98 Å². The van der Waals surface area contributed by atoms with Crippen LogP contribution >= 0.6 is 11.6 Å². The molecule has 1 N–H and O–H groups in total. The first-order valence-electron chi connectivity index (χ1n) is 8.47. The third kappa shape index (κ3) is 4.83. The van der Waals surface area contributed by atoms with Gasteiger partial charge in [0.2, 0.25) is 0 Å². The van der Waals surface area contributed by atoms with Gasteiger partial charge in [-0.05, 0) is 42.5 Å². The number of pyridine rings is 1. The maximum atomic E-state index is 12.6. The van der Waals surface area contributed by atoms with Gasteiger partial charge in [0.25, 0.3) is 0 Å². The summed E-state index contributed by atoms with van der Waals surface area (Å²) < 4.78 is 43.0. The summed E-state index contributed by atoms with van der Waals surface area (Å²) >= 11 is 6.40. The number of alkyl halides is 3. The molecule has 8 heteroatoms. The van der Waals surface area contributed by atoms with Gasteiger partial charge in [0, 0.05) is 5.39 Å². The normalized spacial score (nSPS) is 12.3. The lowest BCUT2D eigenvalue weighted by Gasteiger charge is -2.24. The number of carbonyl (C=O) groups excluding carboxylic acids is 1. The van der Waals surface area contributed by atoms with E-state index >= 15 is 0 Å². The summed E-state index contributed by atoms with van der Waals surface area (Å²) in [7, 11) is 0. The van der Waals surface area contributed by atoms with Crippen molar-refractivity contribution >= 4 is 34.2 Å². The molecule has 2 aromatic rings. The summed E-state index contributed by atoms with van der Waals surface area (Å²) in [6, 6.07) is 3.10. The van der Waals surface area contributed by atoms with Crippen molar-refractivity contribution in [3.8, 4) is 0 Å². The van der Waals surface area contributed by atoms with Crippen molar-refractivity contribution in [2.45, 2.75) is 46.2 Å². The zero-order chi connectivity index (χ0) is 20.6. The number of aromatic nitrogens is 1. The van der Waals surface area contributed by atoms with Gasteiger partial charge in [-0.15, -0.1) is 0 Å². The minimum absolute atomic E-state index is 0.138. The van der Waals surface area contributed by atoms with E-state index in [0.717, 1.165) is 0 Å². The van der Waals surface area contributed by atoms with Crippen LogP contribution in [-0.4, -0.2) is 30.3 Å². The topological polar surface area (TPSA) is 51.2 Å². The molecule has 2 rings (SSSR count). The van der Waals surface area contributed by atoms with Crippen LogP contribution in [0.1, 0.15) is 49.3 Å². The molecule has 1 aromatic heterocycles. The van der Waals surface area contributed by atoms with Gasteiger partial charge in [-0.3, -0.25) is 0 Å². The second-order valence-corrected chi connectivity index (χ2v) is 7.65. The second kappa shape index (κ2) is 7.54. The molecule has 1 heterocycles. The number of nitrogens with one attached hydrogen (secondary N) is 1. The van der Waals surface area contributed by atoms with Crippen LogP contribution in [0, 0.1) is 6.92 Å². The Morgan fingerprint density at radius 1 is 1.26 bits per heavy atom. The van der Waals surface area contributed by atoms with Gasteiger partial charge < -0.3 is 10.1 Å². The number of ether oxygens (including phenoxy) is 1. The highest BCUT2D eigenvalue weighted by atomic mass is 35.5. The number of rotatable bonds is 4. The summed E-state index contributed by atoms with van der Waals surface area (Å²) in [5, 5.41) is 3.02. The number of fused-ring (bicyclic) bond motifs is 1. The quantitative estimate of drug-likeness (QED) is 0.672. The number of hydrogen-bond acceptors (Lipinski definition) is 4. The van der Waals surface area contributed by atoms with Crippen molar-refractivity contribution in [2.24, 2.45) is 0 Å². The average Bonchev–Trinajstić information content (AvgIpc) is 2.51. The van der Waals surface area contributed by atoms with Crippen LogP contribution < -0.4 is 5.32 Å². The Labute approximate surface area is 161 Å². The van der Waals surface area contributed by atoms with Crippen molar-refractivity contribution in [3.63, 3.8) is 0 Å². The zero-order valence-electron chi connectivity index (χ0n) is 15.8. The van der Waals surface area contributed by atoms with Gasteiger partial charge >= 0.3 is 12.1 Å². The molecule has 0 radical (unpaired) electrons. The number of nitrogens with zero attached hydrogens (tertiary/aromatic N) is 1. The van der Waals surface area contributed by atoms with Crippen LogP contribution in [0.5, 0.6) is 0 Å². The number of aryl methyl sites for hydroxylation is 1. The third-order valence-electron chi connectivity index (χ3n) is 3.99. The van der Waals surface area contributed by atoms with Gasteiger partial charge in [-0.1, -0.05) is 32.4 Å². The lowest BCUT2D eigenvalue weighted by Crippen LogP contribution is -2.22. The Bertz CT molecular complexity index is 874. The standard InChI is InChI=1S/C19H22ClF3N2O2/c1-6-27-17(26)13-7-10(2)14-15(20)12(24-9-19(21,22)23)8-11(16(14)25-13)18(3,4)5/h7-8,24H,6,9H2,1-5H3. The molecule has 0 aliphatic carbocycles. The molecule has 4 nitrogen and oxygen atoms in total. The van der Waals surface area contributed by atoms with E-state index in [1.165, 1.54) is 6.07 Å². The molecule has 0 saturated carbocycles. The molecular formula is C19H22ClF3N2O2. The molecule has 0 bridgehead atoms. The van der Waals surface area contributed by atoms with E-state index in [4.69, 9.17) is 16.3 Å². The molecule has 1 aromatic carbocycles. The van der Waals surface area contributed by atoms with Crippen LogP contribution in [-0.2, 0) is 10.2 Å². The van der Waals surface area contributed by atoms with Gasteiger partial charge in [-0.25, -0.2) is 9.78 Å². The predicted molar refractivity (Wildman–Crippen MR) is 101 cm³/mol. The number of esters is 1. The van der Waals surface area contributed by atoms with E-state index in [1.54, 1.807) is 19.9 Å². The maximum Gasteiger partial charge on any atom is 0.405 e. The predicted octanol–water partition coefficient (Wildman–Crippen LogP) is 5.65. The van der Waals surface area contributed by atoms with Crippen molar-refractivity contribution in [3.05, 3.63) is 34.0 Å². The van der Waals surface area contributed by atoms with E-state index in [1.807, 2.05) is 20.8 Å². The number of hydrogen-bond donors (Lipinski definition) is 1. The Hall–Kier alpha value is -2.02. The van der Waals surface area contributed by atoms with Crippen LogP contribution in [0.4, 0.5) is 18.9 Å². The highest BCUT2D eigenvalue weighted by Crippen LogP contribution is 2.40. The number of halogens is 4. The van der Waals surface area contributed by atoms with Gasteiger partial charge in [0.1, 0.15) is 12.2 Å². The van der Waals surface area contributed by atoms with Crippen molar-refractivity contribution < 1.29 is 22.7 Å². The van der Waals surface area contributed by atoms with Crippen molar-refractivity contribution in [1.29, 1.82) is 0 Å². The van der Waals surface area contributed by atoms with E-state index in [-0.39, 0.29) is 23.0 Å². The highest BCUT2D eigenvalue weighted by molar-refractivity contribution is 6.38. The number of carbonyl (C=O) groups is 1. The molecule has 0 fully saturated rings. The molecule has 148 valence electrons. The number of anilines is 1. The van der Waals surface area contributed by atoms with Crippen LogP contribution in [0.15, 0.2) is 12.1 Å². The SMILES string of the molecule is CCOC(=O)c1cc(C)c2c(Cl)c(NCC(F)(F)F)cc(C(C)(C)C)c2n1. The van der Waals surface area contributed by atoms with Crippen molar-refractivity contribution in [2.75, 3.05) is 18.5 Å². The summed E-state index contributed by atoms with van der Waals surface area (Å²) in [5.74, 6) is -0.558. The molecule has 27 heavy (non-hydrogen) atoms. The molecule has 0 atom stereocenters. The van der Waals surface area contributed by atoms with E-state index < -0.39 is 24.1 Å². The minimum Gasteiger partial charge on any atom is -0.461 e. The smallest absolute Gasteiger partial charge is 0.405 e. The van der Waals surface area contributed by atoms with E-state index in [2.05, 4.69) is 10.3 Å². The fourth-order valence-corrected chi connectivity index (χ4v) is 3.12. The highest BCUT2D eigenvalue weighted by Gasteiger charge is 2.29. The summed E-state index contributed by atoms with van der Waals surface area (Å²) in [4.78, 5) is 16.5. The Balaban J connectivity index is 2.74. The molecule has 0 aliphatic rings. The Morgan fingerprint density at radius 2 is 1.89 bits per heavy atom. The first kappa shape index (κ1) is 21.3. The maximum absolute atomic E-state index is 12.6. The third-order valence-corrected chi connectivity index (χ3v) is 4.38. The van der Waals surface area contributed by atoms with Gasteiger partial charge in [0.15, 0.2) is 0 Å². The molecule has 0 aliphatic heterocycles. The summed E-state index contributed by atoms with van der Waals surface area (Å²) in [6.45, 7) is 8.19. The molecule has 0 unspecified atom stereocenters.